The fourth-order valence-electron chi connectivity index (χ4n) is 3.87. The van der Waals surface area contributed by atoms with Crippen molar-refractivity contribution in [3.8, 4) is 5.75 Å². The lowest BCUT2D eigenvalue weighted by Gasteiger charge is -2.38. The molecule has 29 heavy (non-hydrogen) atoms. The van der Waals surface area contributed by atoms with Crippen molar-refractivity contribution in [1.82, 2.24) is 5.32 Å². The average molecular weight is 410 g/mol. The third-order valence-electron chi connectivity index (χ3n) is 5.60. The van der Waals surface area contributed by atoms with Crippen molar-refractivity contribution >= 4 is 28.3 Å². The molecule has 4 nitrogen and oxygen atoms in total. The van der Waals surface area contributed by atoms with E-state index in [1.807, 2.05) is 54.6 Å². The molecule has 1 N–H and O–H groups in total. The Kier molecular flexibility index (Phi) is 6.02. The summed E-state index contributed by atoms with van der Waals surface area (Å²) in [6.07, 6.45) is 1.69. The third-order valence-corrected chi connectivity index (χ3v) is 5.84. The van der Waals surface area contributed by atoms with E-state index in [4.69, 9.17) is 21.1 Å². The number of hydrogen-bond donors (Lipinski definition) is 1. The highest BCUT2D eigenvalue weighted by Crippen LogP contribution is 2.35. The molecule has 0 aliphatic carbocycles. The van der Waals surface area contributed by atoms with Gasteiger partial charge in [0.15, 0.2) is 6.61 Å². The van der Waals surface area contributed by atoms with Crippen molar-refractivity contribution in [3.63, 3.8) is 0 Å². The summed E-state index contributed by atoms with van der Waals surface area (Å²) >= 11 is 6.21. The van der Waals surface area contributed by atoms with Gasteiger partial charge in [-0.1, -0.05) is 54.1 Å². The topological polar surface area (TPSA) is 47.6 Å². The van der Waals surface area contributed by atoms with Gasteiger partial charge in [-0.25, -0.2) is 0 Å². The monoisotopic (exact) mass is 409 g/mol. The fraction of sp³-hybridized carbons (Fsp3) is 0.292. The van der Waals surface area contributed by atoms with Crippen LogP contribution in [0, 0.1) is 0 Å². The normalized spacial score (nSPS) is 15.8. The van der Waals surface area contributed by atoms with Gasteiger partial charge in [-0.15, -0.1) is 0 Å². The summed E-state index contributed by atoms with van der Waals surface area (Å²) < 4.78 is 11.3. The number of rotatable bonds is 6. The Morgan fingerprint density at radius 3 is 2.59 bits per heavy atom. The highest BCUT2D eigenvalue weighted by Gasteiger charge is 2.35. The molecule has 1 amide bonds. The van der Waals surface area contributed by atoms with Crippen LogP contribution in [0.3, 0.4) is 0 Å². The molecular weight excluding hydrogens is 386 g/mol. The van der Waals surface area contributed by atoms with Crippen LogP contribution < -0.4 is 10.1 Å². The number of amides is 1. The molecular formula is C24H24ClNO3. The van der Waals surface area contributed by atoms with Gasteiger partial charge in [0.1, 0.15) is 5.75 Å². The van der Waals surface area contributed by atoms with Crippen LogP contribution in [0.2, 0.25) is 5.02 Å². The molecule has 0 aromatic heterocycles. The molecule has 1 fully saturated rings. The van der Waals surface area contributed by atoms with Crippen LogP contribution in [0.1, 0.15) is 18.4 Å². The van der Waals surface area contributed by atoms with Gasteiger partial charge >= 0.3 is 0 Å². The average Bonchev–Trinajstić information content (AvgIpc) is 2.77. The molecule has 0 saturated carbocycles. The third kappa shape index (κ3) is 4.72. The number of hydrogen-bond acceptors (Lipinski definition) is 3. The van der Waals surface area contributed by atoms with Crippen LogP contribution in [0.5, 0.6) is 5.75 Å². The van der Waals surface area contributed by atoms with E-state index in [0.29, 0.717) is 30.5 Å². The van der Waals surface area contributed by atoms with Gasteiger partial charge in [0.05, 0.1) is 0 Å². The maximum Gasteiger partial charge on any atom is 0.257 e. The first-order chi connectivity index (χ1) is 14.1. The molecule has 0 atom stereocenters. The number of halogens is 1. The van der Waals surface area contributed by atoms with E-state index in [-0.39, 0.29) is 17.9 Å². The van der Waals surface area contributed by atoms with Gasteiger partial charge in [0.25, 0.3) is 5.91 Å². The molecule has 3 aromatic carbocycles. The Morgan fingerprint density at radius 1 is 1.00 bits per heavy atom. The lowest BCUT2D eigenvalue weighted by atomic mass is 9.74. The summed E-state index contributed by atoms with van der Waals surface area (Å²) in [6.45, 7) is 1.88. The van der Waals surface area contributed by atoms with Crippen LogP contribution in [-0.2, 0) is 14.9 Å². The molecule has 150 valence electrons. The summed E-state index contributed by atoms with van der Waals surface area (Å²) in [5.74, 6) is 0.556. The van der Waals surface area contributed by atoms with Gasteiger partial charge < -0.3 is 14.8 Å². The molecule has 0 spiro atoms. The molecule has 3 aromatic rings. The van der Waals surface area contributed by atoms with Gasteiger partial charge in [-0.3, -0.25) is 4.79 Å². The standard InChI is InChI=1S/C24H24ClNO3/c25-21-7-3-6-20(15-21)24(10-12-28-13-11-24)17-26-23(27)16-29-22-9-8-18-4-1-2-5-19(18)14-22/h1-9,14-15H,10-13,16-17H2,(H,26,27). The van der Waals surface area contributed by atoms with E-state index in [1.165, 1.54) is 0 Å². The van der Waals surface area contributed by atoms with Crippen LogP contribution in [0.15, 0.2) is 66.7 Å². The van der Waals surface area contributed by atoms with E-state index >= 15 is 0 Å². The van der Waals surface area contributed by atoms with Crippen LogP contribution in [-0.4, -0.2) is 32.3 Å². The highest BCUT2D eigenvalue weighted by molar-refractivity contribution is 6.30. The summed E-state index contributed by atoms with van der Waals surface area (Å²) in [5.41, 5.74) is 0.978. The van der Waals surface area contributed by atoms with Crippen molar-refractivity contribution in [2.45, 2.75) is 18.3 Å². The summed E-state index contributed by atoms with van der Waals surface area (Å²) in [6, 6.07) is 21.8. The number of ether oxygens (including phenoxy) is 2. The van der Waals surface area contributed by atoms with E-state index in [1.54, 1.807) is 0 Å². The maximum atomic E-state index is 12.5. The number of fused-ring (bicyclic) bond motifs is 1. The minimum atomic E-state index is -0.165. The zero-order valence-corrected chi connectivity index (χ0v) is 17.0. The van der Waals surface area contributed by atoms with Crippen LogP contribution >= 0.6 is 11.6 Å². The first-order valence-corrected chi connectivity index (χ1v) is 10.2. The summed E-state index contributed by atoms with van der Waals surface area (Å²) in [4.78, 5) is 12.5. The Hall–Kier alpha value is -2.56. The van der Waals surface area contributed by atoms with E-state index < -0.39 is 0 Å². The zero-order chi connectivity index (χ0) is 20.1. The van der Waals surface area contributed by atoms with Crippen LogP contribution in [0.4, 0.5) is 0 Å². The van der Waals surface area contributed by atoms with Crippen molar-refractivity contribution in [2.75, 3.05) is 26.4 Å². The number of carbonyl (C=O) groups excluding carboxylic acids is 1. The van der Waals surface area contributed by atoms with Gasteiger partial charge in [-0.2, -0.15) is 0 Å². The fourth-order valence-corrected chi connectivity index (χ4v) is 4.06. The van der Waals surface area contributed by atoms with E-state index in [9.17, 15) is 4.79 Å². The smallest absolute Gasteiger partial charge is 0.257 e. The van der Waals surface area contributed by atoms with Gasteiger partial charge in [0.2, 0.25) is 0 Å². The molecule has 0 unspecified atom stereocenters. The first kappa shape index (κ1) is 19.7. The molecule has 0 radical (unpaired) electrons. The minimum absolute atomic E-state index is 0.0134. The number of carbonyl (C=O) groups is 1. The lowest BCUT2D eigenvalue weighted by Crippen LogP contribution is -2.45. The molecule has 4 rings (SSSR count). The minimum Gasteiger partial charge on any atom is -0.484 e. The summed E-state index contributed by atoms with van der Waals surface area (Å²) in [7, 11) is 0. The van der Waals surface area contributed by atoms with E-state index in [0.717, 1.165) is 29.2 Å². The molecule has 1 aliphatic heterocycles. The highest BCUT2D eigenvalue weighted by atomic mass is 35.5. The Morgan fingerprint density at radius 2 is 1.79 bits per heavy atom. The molecule has 0 bridgehead atoms. The zero-order valence-electron chi connectivity index (χ0n) is 16.2. The largest absolute Gasteiger partial charge is 0.484 e. The first-order valence-electron chi connectivity index (χ1n) is 9.87. The molecule has 5 heteroatoms. The van der Waals surface area contributed by atoms with Crippen molar-refractivity contribution in [2.24, 2.45) is 0 Å². The van der Waals surface area contributed by atoms with Gasteiger partial charge in [0, 0.05) is 30.2 Å². The van der Waals surface area contributed by atoms with Crippen LogP contribution in [0.25, 0.3) is 10.8 Å². The number of benzene rings is 3. The van der Waals surface area contributed by atoms with Crippen molar-refractivity contribution in [1.29, 1.82) is 0 Å². The predicted octanol–water partition coefficient (Wildman–Crippen LogP) is 4.74. The molecule has 1 aliphatic rings. The predicted molar refractivity (Wildman–Crippen MR) is 116 cm³/mol. The number of nitrogens with one attached hydrogen (secondary N) is 1. The van der Waals surface area contributed by atoms with Crippen molar-refractivity contribution < 1.29 is 14.3 Å². The summed E-state index contributed by atoms with van der Waals surface area (Å²) in [5, 5.41) is 6.00. The maximum absolute atomic E-state index is 12.5. The Balaban J connectivity index is 1.39. The van der Waals surface area contributed by atoms with Crippen molar-refractivity contribution in [3.05, 3.63) is 77.3 Å². The van der Waals surface area contributed by atoms with E-state index in [2.05, 4.69) is 17.4 Å². The quantitative estimate of drug-likeness (QED) is 0.639. The Bertz CT molecular complexity index is 998. The molecule has 1 saturated heterocycles. The van der Waals surface area contributed by atoms with Gasteiger partial charge in [-0.05, 0) is 53.4 Å². The molecule has 1 heterocycles. The second-order valence-corrected chi connectivity index (χ2v) is 7.91. The lowest BCUT2D eigenvalue weighted by molar-refractivity contribution is -0.123. The second-order valence-electron chi connectivity index (χ2n) is 7.48. The SMILES string of the molecule is O=C(COc1ccc2ccccc2c1)NCC1(c2cccc(Cl)c2)CCOCC1. The Labute approximate surface area is 175 Å². The second kappa shape index (κ2) is 8.85.